The Morgan fingerprint density at radius 1 is 1.37 bits per heavy atom. The molecule has 7 nitrogen and oxygen atoms in total. The van der Waals surface area contributed by atoms with E-state index in [1.165, 1.54) is 18.3 Å². The zero-order chi connectivity index (χ0) is 20.2. The van der Waals surface area contributed by atoms with E-state index in [0.29, 0.717) is 28.8 Å². The topological polar surface area (TPSA) is 97.0 Å². The van der Waals surface area contributed by atoms with Crippen LogP contribution in [0.5, 0.6) is 11.5 Å². The number of nitro groups is 1. The molecule has 11 heteroatoms. The fourth-order valence-electron chi connectivity index (χ4n) is 2.05. The van der Waals surface area contributed by atoms with Gasteiger partial charge < -0.3 is 9.84 Å². The molecule has 0 heterocycles. The van der Waals surface area contributed by atoms with Gasteiger partial charge in [0.1, 0.15) is 5.69 Å². The first-order chi connectivity index (χ1) is 12.6. The van der Waals surface area contributed by atoms with Gasteiger partial charge in [-0.15, -0.1) is 0 Å². The van der Waals surface area contributed by atoms with Crippen molar-refractivity contribution in [1.29, 1.82) is 0 Å². The molecule has 0 amide bonds. The fraction of sp³-hybridized carbons (Fsp3) is 0.188. The number of aromatic hydroxyl groups is 1. The molecule has 0 radical (unpaired) electrons. The molecule has 144 valence electrons. The summed E-state index contributed by atoms with van der Waals surface area (Å²) in [5.74, 6) is 0.120. The van der Waals surface area contributed by atoms with Gasteiger partial charge in [-0.1, -0.05) is 0 Å². The first-order valence-corrected chi connectivity index (χ1v) is 8.22. The minimum atomic E-state index is -4.70. The van der Waals surface area contributed by atoms with Crippen molar-refractivity contribution < 1.29 is 27.9 Å². The quantitative estimate of drug-likeness (QED) is 0.371. The van der Waals surface area contributed by atoms with Crippen molar-refractivity contribution in [2.45, 2.75) is 13.1 Å². The van der Waals surface area contributed by atoms with Gasteiger partial charge in [0.25, 0.3) is 5.69 Å². The maximum atomic E-state index is 12.7. The van der Waals surface area contributed by atoms with Gasteiger partial charge in [-0.05, 0) is 47.1 Å². The van der Waals surface area contributed by atoms with Crippen molar-refractivity contribution in [3.8, 4) is 11.5 Å². The number of anilines is 1. The number of phenols is 1. The Labute approximate surface area is 159 Å². The molecule has 0 aliphatic heterocycles. The lowest BCUT2D eigenvalue weighted by Gasteiger charge is -2.09. The minimum Gasteiger partial charge on any atom is -0.504 e. The lowest BCUT2D eigenvalue weighted by Crippen LogP contribution is -2.06. The Hall–Kier alpha value is -2.82. The van der Waals surface area contributed by atoms with Crippen molar-refractivity contribution in [3.63, 3.8) is 0 Å². The Balaban J connectivity index is 2.28. The van der Waals surface area contributed by atoms with Gasteiger partial charge in [0.15, 0.2) is 11.5 Å². The number of hydrazone groups is 1. The van der Waals surface area contributed by atoms with Gasteiger partial charge in [0, 0.05) is 16.1 Å². The van der Waals surface area contributed by atoms with Crippen molar-refractivity contribution in [2.24, 2.45) is 5.10 Å². The second-order valence-electron chi connectivity index (χ2n) is 5.13. The molecule has 2 rings (SSSR count). The van der Waals surface area contributed by atoms with Gasteiger partial charge in [0.2, 0.25) is 0 Å². The Morgan fingerprint density at radius 3 is 2.67 bits per heavy atom. The van der Waals surface area contributed by atoms with E-state index in [9.17, 15) is 28.4 Å². The van der Waals surface area contributed by atoms with Crippen LogP contribution in [-0.4, -0.2) is 22.9 Å². The van der Waals surface area contributed by atoms with Gasteiger partial charge in [0.05, 0.1) is 23.3 Å². The summed E-state index contributed by atoms with van der Waals surface area (Å²) >= 11 is 3.22. The summed E-state index contributed by atoms with van der Waals surface area (Å²) in [4.78, 5) is 10.1. The number of halogens is 4. The van der Waals surface area contributed by atoms with E-state index >= 15 is 0 Å². The monoisotopic (exact) mass is 447 g/mol. The molecule has 0 aliphatic carbocycles. The standard InChI is InChI=1S/C16H13BrF3N3O4/c1-2-27-15-5-9(11(17)7-14(15)24)8-21-22-12-4-3-10(16(18,19)20)6-13(12)23(25)26/h3-8,22,24H,2H2,1H3/b21-8+. The number of ether oxygens (including phenoxy) is 1. The van der Waals surface area contributed by atoms with Crippen LogP contribution in [0.25, 0.3) is 0 Å². The number of rotatable bonds is 6. The summed E-state index contributed by atoms with van der Waals surface area (Å²) < 4.78 is 43.8. The van der Waals surface area contributed by atoms with Gasteiger partial charge in [-0.2, -0.15) is 18.3 Å². The number of hydrogen-bond acceptors (Lipinski definition) is 6. The predicted molar refractivity (Wildman–Crippen MR) is 96.3 cm³/mol. The maximum Gasteiger partial charge on any atom is 0.416 e. The zero-order valence-corrected chi connectivity index (χ0v) is 15.3. The summed E-state index contributed by atoms with van der Waals surface area (Å²) in [5, 5.41) is 24.6. The summed E-state index contributed by atoms with van der Waals surface area (Å²) in [5.41, 5.74) is 0.722. The molecule has 0 saturated heterocycles. The molecule has 27 heavy (non-hydrogen) atoms. The first-order valence-electron chi connectivity index (χ1n) is 7.43. The first kappa shape index (κ1) is 20.5. The predicted octanol–water partition coefficient (Wildman–Crippen LogP) is 4.93. The molecule has 0 aliphatic rings. The van der Waals surface area contributed by atoms with Gasteiger partial charge >= 0.3 is 6.18 Å². The molecule has 0 bridgehead atoms. The molecule has 2 aromatic carbocycles. The molecule has 0 fully saturated rings. The zero-order valence-electron chi connectivity index (χ0n) is 13.7. The Bertz CT molecular complexity index is 888. The molecule has 0 aromatic heterocycles. The lowest BCUT2D eigenvalue weighted by atomic mass is 10.1. The highest BCUT2D eigenvalue weighted by Gasteiger charge is 2.33. The van der Waals surface area contributed by atoms with Crippen LogP contribution in [0.1, 0.15) is 18.1 Å². The average Bonchev–Trinajstić information content (AvgIpc) is 2.58. The van der Waals surface area contributed by atoms with E-state index in [1.807, 2.05) is 0 Å². The van der Waals surface area contributed by atoms with Gasteiger partial charge in [-0.3, -0.25) is 15.5 Å². The molecule has 0 saturated carbocycles. The van der Waals surface area contributed by atoms with E-state index < -0.39 is 22.4 Å². The van der Waals surface area contributed by atoms with Crippen LogP contribution in [0.4, 0.5) is 24.5 Å². The third-order valence-electron chi connectivity index (χ3n) is 3.29. The van der Waals surface area contributed by atoms with E-state index in [-0.39, 0.29) is 17.2 Å². The average molecular weight is 448 g/mol. The molecule has 0 spiro atoms. The van der Waals surface area contributed by atoms with Crippen LogP contribution in [0.3, 0.4) is 0 Å². The SMILES string of the molecule is CCOc1cc(/C=N/Nc2ccc(C(F)(F)F)cc2[N+](=O)[O-])c(Br)cc1O. The summed E-state index contributed by atoms with van der Waals surface area (Å²) in [6.45, 7) is 2.06. The van der Waals surface area contributed by atoms with Crippen LogP contribution in [0, 0.1) is 10.1 Å². The van der Waals surface area contributed by atoms with Gasteiger partial charge in [-0.25, -0.2) is 0 Å². The van der Waals surface area contributed by atoms with E-state index in [1.54, 1.807) is 6.92 Å². The van der Waals surface area contributed by atoms with Crippen molar-refractivity contribution >= 4 is 33.5 Å². The summed E-state index contributed by atoms with van der Waals surface area (Å²) in [6, 6.07) is 4.94. The Morgan fingerprint density at radius 2 is 2.07 bits per heavy atom. The summed E-state index contributed by atoms with van der Waals surface area (Å²) in [7, 11) is 0. The maximum absolute atomic E-state index is 12.7. The Kier molecular flexibility index (Phi) is 6.26. The van der Waals surface area contributed by atoms with Crippen molar-refractivity contribution in [1.82, 2.24) is 0 Å². The number of phenolic OH excluding ortho intramolecular Hbond substituents is 1. The minimum absolute atomic E-state index is 0.0905. The highest BCUT2D eigenvalue weighted by atomic mass is 79.9. The van der Waals surface area contributed by atoms with E-state index in [4.69, 9.17) is 4.74 Å². The van der Waals surface area contributed by atoms with Crippen LogP contribution >= 0.6 is 15.9 Å². The number of nitrogens with one attached hydrogen (secondary N) is 1. The third kappa shape index (κ3) is 5.09. The van der Waals surface area contributed by atoms with Crippen LogP contribution in [0.15, 0.2) is 39.9 Å². The molecule has 0 unspecified atom stereocenters. The second-order valence-corrected chi connectivity index (χ2v) is 5.99. The van der Waals surface area contributed by atoms with E-state index in [2.05, 4.69) is 26.5 Å². The van der Waals surface area contributed by atoms with Crippen molar-refractivity contribution in [3.05, 3.63) is 56.0 Å². The fourth-order valence-corrected chi connectivity index (χ4v) is 2.49. The third-order valence-corrected chi connectivity index (χ3v) is 3.98. The number of hydrogen-bond donors (Lipinski definition) is 2. The van der Waals surface area contributed by atoms with Crippen LogP contribution in [-0.2, 0) is 6.18 Å². The second kappa shape index (κ2) is 8.25. The van der Waals surface area contributed by atoms with Crippen LogP contribution in [0.2, 0.25) is 0 Å². The normalized spacial score (nSPS) is 11.6. The highest BCUT2D eigenvalue weighted by molar-refractivity contribution is 9.10. The smallest absolute Gasteiger partial charge is 0.416 e. The number of benzene rings is 2. The van der Waals surface area contributed by atoms with Crippen LogP contribution < -0.4 is 10.2 Å². The molecular formula is C16H13BrF3N3O4. The molecule has 0 atom stereocenters. The highest BCUT2D eigenvalue weighted by Crippen LogP contribution is 2.35. The number of nitro benzene ring substituents is 1. The molecular weight excluding hydrogens is 435 g/mol. The number of alkyl halides is 3. The molecule has 2 aromatic rings. The molecule has 2 N–H and O–H groups in total. The lowest BCUT2D eigenvalue weighted by molar-refractivity contribution is -0.384. The van der Waals surface area contributed by atoms with E-state index in [0.717, 1.165) is 6.07 Å². The van der Waals surface area contributed by atoms with Crippen molar-refractivity contribution in [2.75, 3.05) is 12.0 Å². The number of nitrogens with zero attached hydrogens (tertiary/aromatic N) is 2. The largest absolute Gasteiger partial charge is 0.504 e. The summed E-state index contributed by atoms with van der Waals surface area (Å²) in [6.07, 6.45) is -3.42.